The number of aliphatic hydroxyl groups excluding tert-OH is 1. The molecule has 0 saturated heterocycles. The van der Waals surface area contributed by atoms with E-state index in [-0.39, 0.29) is 6.10 Å². The van der Waals surface area contributed by atoms with Crippen LogP contribution in [-0.2, 0) is 11.2 Å². The number of ether oxygens (including phenoxy) is 2. The lowest BCUT2D eigenvalue weighted by Crippen LogP contribution is -2.06. The molecule has 4 heteroatoms. The molecule has 0 aliphatic rings. The molecule has 0 amide bonds. The van der Waals surface area contributed by atoms with Crippen molar-refractivity contribution in [3.05, 3.63) is 82.7 Å². The molecule has 0 aliphatic heterocycles. The second-order valence-corrected chi connectivity index (χ2v) is 8.84. The predicted molar refractivity (Wildman–Crippen MR) is 148 cm³/mol. The molecular formula is C31H46O4. The Balaban J connectivity index is 0.00000298. The van der Waals surface area contributed by atoms with Crippen molar-refractivity contribution in [1.29, 1.82) is 0 Å². The standard InChI is InChI=1S/C29H40O4.C2H6/c1-9-24(12-10-11-21(5)30)28-18-27(19(2)3)29(33-28)23(7)32-26-16-15-25(20(4)17-26)14-13-22(6)31-8;1-2/h11-12,15-19,23,30H,6,9-10,13-14H2,1-5,7-8H3;1-2H3/b21-11+,24-12+;. The van der Waals surface area contributed by atoms with Crippen LogP contribution >= 0.6 is 0 Å². The molecule has 0 fully saturated rings. The zero-order valence-corrected chi connectivity index (χ0v) is 23.3. The maximum atomic E-state index is 9.43. The van der Waals surface area contributed by atoms with Gasteiger partial charge in [0, 0.05) is 12.0 Å². The van der Waals surface area contributed by atoms with E-state index in [0.717, 1.165) is 53.4 Å². The molecule has 1 aromatic heterocycles. The van der Waals surface area contributed by atoms with Crippen molar-refractivity contribution in [3.63, 3.8) is 0 Å². The fraction of sp³-hybridized carbons (Fsp3) is 0.484. The molecule has 0 radical (unpaired) electrons. The molecule has 194 valence electrons. The summed E-state index contributed by atoms with van der Waals surface area (Å²) in [4.78, 5) is 0. The molecule has 0 spiro atoms. The first-order valence-electron chi connectivity index (χ1n) is 12.8. The summed E-state index contributed by atoms with van der Waals surface area (Å²) in [7, 11) is 1.66. The van der Waals surface area contributed by atoms with Gasteiger partial charge in [-0.05, 0) is 86.9 Å². The van der Waals surface area contributed by atoms with Gasteiger partial charge >= 0.3 is 0 Å². The molecular weight excluding hydrogens is 436 g/mol. The Morgan fingerprint density at radius 1 is 1.14 bits per heavy atom. The highest BCUT2D eigenvalue weighted by atomic mass is 16.5. The van der Waals surface area contributed by atoms with Gasteiger partial charge in [0.05, 0.1) is 18.6 Å². The summed E-state index contributed by atoms with van der Waals surface area (Å²) in [5.41, 5.74) is 4.75. The number of methoxy groups -OCH3 is 1. The summed E-state index contributed by atoms with van der Waals surface area (Å²) in [6.45, 7) is 20.2. The van der Waals surface area contributed by atoms with Crippen LogP contribution in [0, 0.1) is 6.92 Å². The van der Waals surface area contributed by atoms with E-state index in [9.17, 15) is 5.11 Å². The van der Waals surface area contributed by atoms with Crippen LogP contribution in [0.3, 0.4) is 0 Å². The van der Waals surface area contributed by atoms with Crippen LogP contribution in [0.2, 0.25) is 0 Å². The van der Waals surface area contributed by atoms with Crippen molar-refractivity contribution in [2.24, 2.45) is 0 Å². The van der Waals surface area contributed by atoms with Crippen LogP contribution in [0.1, 0.15) is 108 Å². The Kier molecular flexibility index (Phi) is 13.1. The second kappa shape index (κ2) is 15.2. The molecule has 0 bridgehead atoms. The Bertz CT molecular complexity index is 987. The van der Waals surface area contributed by atoms with Gasteiger partial charge in [-0.15, -0.1) is 0 Å². The first-order valence-corrected chi connectivity index (χ1v) is 12.8. The molecule has 1 aromatic carbocycles. The summed E-state index contributed by atoms with van der Waals surface area (Å²) < 4.78 is 17.8. The fourth-order valence-electron chi connectivity index (χ4n) is 3.79. The van der Waals surface area contributed by atoms with Crippen LogP contribution in [-0.4, -0.2) is 12.2 Å². The normalized spacial score (nSPS) is 12.7. The molecule has 1 heterocycles. The first kappa shape index (κ1) is 30.2. The first-order chi connectivity index (χ1) is 16.7. The molecule has 2 aromatic rings. The zero-order valence-electron chi connectivity index (χ0n) is 23.3. The Hall–Kier alpha value is -2.88. The van der Waals surface area contributed by atoms with Crippen LogP contribution in [0.15, 0.2) is 58.9 Å². The van der Waals surface area contributed by atoms with Crippen LogP contribution in [0.25, 0.3) is 5.57 Å². The monoisotopic (exact) mass is 482 g/mol. The molecule has 1 N–H and O–H groups in total. The third kappa shape index (κ3) is 9.35. The van der Waals surface area contributed by atoms with Crippen molar-refractivity contribution in [3.8, 4) is 5.75 Å². The van der Waals surface area contributed by atoms with E-state index >= 15 is 0 Å². The number of allylic oxidation sites excluding steroid dienone is 5. The zero-order chi connectivity index (χ0) is 26.5. The smallest absolute Gasteiger partial charge is 0.154 e. The minimum atomic E-state index is -0.215. The number of benzene rings is 1. The quantitative estimate of drug-likeness (QED) is 0.306. The summed E-state index contributed by atoms with van der Waals surface area (Å²) >= 11 is 0. The van der Waals surface area contributed by atoms with Crippen molar-refractivity contribution in [1.82, 2.24) is 0 Å². The van der Waals surface area contributed by atoms with E-state index in [2.05, 4.69) is 58.5 Å². The SMILES string of the molecule is C=C(CCc1ccc(OC(C)c2oc(/C(=C/C/C=C(\C)O)CC)cc2C(C)C)cc1C)OC.CC. The van der Waals surface area contributed by atoms with E-state index < -0.39 is 0 Å². The number of aliphatic hydroxyl groups is 1. The average molecular weight is 483 g/mol. The molecule has 1 atom stereocenters. The second-order valence-electron chi connectivity index (χ2n) is 8.84. The number of furan rings is 1. The number of hydrogen-bond donors (Lipinski definition) is 1. The highest BCUT2D eigenvalue weighted by molar-refractivity contribution is 5.62. The lowest BCUT2D eigenvalue weighted by molar-refractivity contribution is 0.192. The van der Waals surface area contributed by atoms with Gasteiger partial charge in [-0.2, -0.15) is 0 Å². The van der Waals surface area contributed by atoms with Crippen LogP contribution < -0.4 is 4.74 Å². The third-order valence-corrected chi connectivity index (χ3v) is 5.85. The van der Waals surface area contributed by atoms with E-state index in [4.69, 9.17) is 13.9 Å². The van der Waals surface area contributed by atoms with Gasteiger partial charge in [-0.3, -0.25) is 0 Å². The summed E-state index contributed by atoms with van der Waals surface area (Å²) in [5.74, 6) is 4.01. The molecule has 35 heavy (non-hydrogen) atoms. The average Bonchev–Trinajstić information content (AvgIpc) is 3.28. The number of hydrogen-bond acceptors (Lipinski definition) is 4. The van der Waals surface area contributed by atoms with Crippen LogP contribution in [0.5, 0.6) is 5.75 Å². The molecule has 2 rings (SSSR count). The maximum Gasteiger partial charge on any atom is 0.154 e. The number of rotatable bonds is 12. The fourth-order valence-corrected chi connectivity index (χ4v) is 3.79. The molecule has 0 aliphatic carbocycles. The van der Waals surface area contributed by atoms with Crippen molar-refractivity contribution < 1.29 is 19.0 Å². The predicted octanol–water partition coefficient (Wildman–Crippen LogP) is 9.62. The highest BCUT2D eigenvalue weighted by Crippen LogP contribution is 2.35. The van der Waals surface area contributed by atoms with Gasteiger partial charge in [0.2, 0.25) is 0 Å². The van der Waals surface area contributed by atoms with Crippen LogP contribution in [0.4, 0.5) is 0 Å². The number of aryl methyl sites for hydroxylation is 2. The third-order valence-electron chi connectivity index (χ3n) is 5.85. The summed E-state index contributed by atoms with van der Waals surface area (Å²) in [6, 6.07) is 8.36. The minimum absolute atomic E-state index is 0.215. The van der Waals surface area contributed by atoms with Gasteiger partial charge in [0.25, 0.3) is 0 Å². The highest BCUT2D eigenvalue weighted by Gasteiger charge is 2.22. The van der Waals surface area contributed by atoms with Gasteiger partial charge in [-0.25, -0.2) is 0 Å². The van der Waals surface area contributed by atoms with E-state index in [1.54, 1.807) is 20.1 Å². The molecule has 4 nitrogen and oxygen atoms in total. The summed E-state index contributed by atoms with van der Waals surface area (Å²) in [5, 5.41) is 9.43. The van der Waals surface area contributed by atoms with Gasteiger partial charge in [0.1, 0.15) is 17.3 Å². The largest absolute Gasteiger partial charge is 0.513 e. The van der Waals surface area contributed by atoms with Gasteiger partial charge < -0.3 is 19.0 Å². The van der Waals surface area contributed by atoms with E-state index in [1.165, 1.54) is 11.1 Å². The lowest BCUT2D eigenvalue weighted by Gasteiger charge is -2.17. The van der Waals surface area contributed by atoms with E-state index in [0.29, 0.717) is 18.1 Å². The molecule has 0 saturated carbocycles. The minimum Gasteiger partial charge on any atom is -0.513 e. The molecule has 1 unspecified atom stereocenters. The van der Waals surface area contributed by atoms with Crippen molar-refractivity contribution in [2.45, 2.75) is 93.1 Å². The summed E-state index contributed by atoms with van der Waals surface area (Å²) in [6.07, 6.45) is 6.92. The van der Waals surface area contributed by atoms with E-state index in [1.807, 2.05) is 26.8 Å². The Morgan fingerprint density at radius 2 is 1.83 bits per heavy atom. The van der Waals surface area contributed by atoms with Crippen molar-refractivity contribution >= 4 is 5.57 Å². The maximum absolute atomic E-state index is 9.43. The lowest BCUT2D eigenvalue weighted by atomic mass is 10.00. The van der Waals surface area contributed by atoms with Crippen molar-refractivity contribution in [2.75, 3.05) is 7.11 Å². The Labute approximate surface area is 213 Å². The Morgan fingerprint density at radius 3 is 2.37 bits per heavy atom. The van der Waals surface area contributed by atoms with Gasteiger partial charge in [-0.1, -0.05) is 53.3 Å². The topological polar surface area (TPSA) is 51.8 Å². The van der Waals surface area contributed by atoms with Gasteiger partial charge in [0.15, 0.2) is 6.10 Å².